The standard InChI is InChI=1S/C17H21N/c1-3-14(13-18-4-2)12-16-10-7-9-15-8-5-6-11-17(15)16/h5-12,18H,3-4,13H2,1-2H3. The first kappa shape index (κ1) is 12.8. The van der Waals surface area contributed by atoms with E-state index in [2.05, 4.69) is 67.7 Å². The number of hydrogen-bond donors (Lipinski definition) is 1. The van der Waals surface area contributed by atoms with Crippen molar-refractivity contribution in [3.63, 3.8) is 0 Å². The van der Waals surface area contributed by atoms with E-state index in [1.807, 2.05) is 0 Å². The van der Waals surface area contributed by atoms with Gasteiger partial charge in [-0.3, -0.25) is 0 Å². The van der Waals surface area contributed by atoms with Crippen LogP contribution in [0.25, 0.3) is 16.8 Å². The average molecular weight is 239 g/mol. The summed E-state index contributed by atoms with van der Waals surface area (Å²) in [5.41, 5.74) is 2.77. The minimum Gasteiger partial charge on any atom is -0.313 e. The first-order valence-corrected chi connectivity index (χ1v) is 6.73. The van der Waals surface area contributed by atoms with Crippen molar-refractivity contribution in [1.82, 2.24) is 5.32 Å². The summed E-state index contributed by atoms with van der Waals surface area (Å²) < 4.78 is 0. The first-order valence-electron chi connectivity index (χ1n) is 6.73. The summed E-state index contributed by atoms with van der Waals surface area (Å²) in [4.78, 5) is 0. The Balaban J connectivity index is 2.37. The third-order valence-corrected chi connectivity index (χ3v) is 3.24. The topological polar surface area (TPSA) is 12.0 Å². The summed E-state index contributed by atoms with van der Waals surface area (Å²) >= 11 is 0. The van der Waals surface area contributed by atoms with Crippen molar-refractivity contribution < 1.29 is 0 Å². The van der Waals surface area contributed by atoms with Gasteiger partial charge in [-0.2, -0.15) is 0 Å². The second-order valence-electron chi connectivity index (χ2n) is 4.50. The zero-order valence-electron chi connectivity index (χ0n) is 11.2. The van der Waals surface area contributed by atoms with Crippen LogP contribution in [0.1, 0.15) is 25.8 Å². The largest absolute Gasteiger partial charge is 0.313 e. The van der Waals surface area contributed by atoms with Gasteiger partial charge >= 0.3 is 0 Å². The number of nitrogens with one attached hydrogen (secondary N) is 1. The van der Waals surface area contributed by atoms with Gasteiger partial charge in [-0.25, -0.2) is 0 Å². The molecule has 0 amide bonds. The molecule has 2 aromatic carbocycles. The molecule has 0 aliphatic carbocycles. The second kappa shape index (κ2) is 6.36. The summed E-state index contributed by atoms with van der Waals surface area (Å²) in [5, 5.41) is 6.05. The fourth-order valence-corrected chi connectivity index (χ4v) is 2.16. The minimum atomic E-state index is 0.982. The summed E-state index contributed by atoms with van der Waals surface area (Å²) in [7, 11) is 0. The number of benzene rings is 2. The van der Waals surface area contributed by atoms with Crippen LogP contribution in [0.3, 0.4) is 0 Å². The Bertz CT molecular complexity index is 535. The predicted molar refractivity (Wildman–Crippen MR) is 80.8 cm³/mol. The molecule has 0 aliphatic heterocycles. The Morgan fingerprint density at radius 1 is 1.06 bits per heavy atom. The molecule has 0 bridgehead atoms. The lowest BCUT2D eigenvalue weighted by molar-refractivity contribution is 0.762. The van der Waals surface area contributed by atoms with Gasteiger partial charge in [-0.15, -0.1) is 0 Å². The summed E-state index contributed by atoms with van der Waals surface area (Å²) in [6.45, 7) is 6.36. The lowest BCUT2D eigenvalue weighted by Crippen LogP contribution is -2.15. The van der Waals surface area contributed by atoms with Gasteiger partial charge in [0.15, 0.2) is 0 Å². The van der Waals surface area contributed by atoms with Crippen molar-refractivity contribution >= 4 is 16.8 Å². The van der Waals surface area contributed by atoms with E-state index in [9.17, 15) is 0 Å². The summed E-state index contributed by atoms with van der Waals surface area (Å²) in [6.07, 6.45) is 3.42. The van der Waals surface area contributed by atoms with Gasteiger partial charge in [0.05, 0.1) is 0 Å². The van der Waals surface area contributed by atoms with Crippen LogP contribution in [0.2, 0.25) is 0 Å². The maximum Gasteiger partial charge on any atom is 0.0167 e. The smallest absolute Gasteiger partial charge is 0.0167 e. The zero-order valence-corrected chi connectivity index (χ0v) is 11.2. The zero-order chi connectivity index (χ0) is 12.8. The molecule has 0 heterocycles. The molecule has 94 valence electrons. The van der Waals surface area contributed by atoms with Crippen molar-refractivity contribution in [3.8, 4) is 0 Å². The monoisotopic (exact) mass is 239 g/mol. The van der Waals surface area contributed by atoms with Crippen LogP contribution in [0, 0.1) is 0 Å². The van der Waals surface area contributed by atoms with Gasteiger partial charge in [0.25, 0.3) is 0 Å². The molecule has 1 nitrogen and oxygen atoms in total. The van der Waals surface area contributed by atoms with Crippen LogP contribution in [0.4, 0.5) is 0 Å². The van der Waals surface area contributed by atoms with E-state index in [-0.39, 0.29) is 0 Å². The van der Waals surface area contributed by atoms with E-state index in [1.165, 1.54) is 21.9 Å². The molecule has 0 saturated carbocycles. The molecule has 0 aromatic heterocycles. The van der Waals surface area contributed by atoms with E-state index >= 15 is 0 Å². The molecule has 0 radical (unpaired) electrons. The van der Waals surface area contributed by atoms with Crippen LogP contribution >= 0.6 is 0 Å². The molecular weight excluding hydrogens is 218 g/mol. The maximum atomic E-state index is 3.40. The van der Waals surface area contributed by atoms with Gasteiger partial charge in [-0.05, 0) is 29.3 Å². The van der Waals surface area contributed by atoms with Crippen LogP contribution in [0.15, 0.2) is 48.0 Å². The quantitative estimate of drug-likeness (QED) is 0.822. The van der Waals surface area contributed by atoms with Crippen molar-refractivity contribution in [3.05, 3.63) is 53.6 Å². The highest BCUT2D eigenvalue weighted by Crippen LogP contribution is 2.21. The SMILES string of the molecule is CCNCC(=Cc1cccc2ccccc12)CC. The average Bonchev–Trinajstić information content (AvgIpc) is 2.43. The van der Waals surface area contributed by atoms with Gasteiger partial charge in [0, 0.05) is 6.54 Å². The van der Waals surface area contributed by atoms with Crippen molar-refractivity contribution in [2.24, 2.45) is 0 Å². The molecule has 2 rings (SSSR count). The van der Waals surface area contributed by atoms with E-state index in [1.54, 1.807) is 0 Å². The van der Waals surface area contributed by atoms with Crippen molar-refractivity contribution in [2.45, 2.75) is 20.3 Å². The Kier molecular flexibility index (Phi) is 4.54. The van der Waals surface area contributed by atoms with Crippen LogP contribution in [-0.2, 0) is 0 Å². The molecule has 0 spiro atoms. The normalized spacial score (nSPS) is 12.0. The van der Waals surface area contributed by atoms with Crippen molar-refractivity contribution in [2.75, 3.05) is 13.1 Å². The Hall–Kier alpha value is -1.60. The van der Waals surface area contributed by atoms with E-state index in [4.69, 9.17) is 0 Å². The molecule has 0 saturated heterocycles. The lowest BCUT2D eigenvalue weighted by Gasteiger charge is -2.07. The molecule has 0 atom stereocenters. The Morgan fingerprint density at radius 3 is 2.61 bits per heavy atom. The number of fused-ring (bicyclic) bond motifs is 1. The fourth-order valence-electron chi connectivity index (χ4n) is 2.16. The molecular formula is C17H21N. The van der Waals surface area contributed by atoms with Crippen LogP contribution < -0.4 is 5.32 Å². The maximum absolute atomic E-state index is 3.40. The van der Waals surface area contributed by atoms with Crippen molar-refractivity contribution in [1.29, 1.82) is 0 Å². The second-order valence-corrected chi connectivity index (χ2v) is 4.50. The van der Waals surface area contributed by atoms with Crippen LogP contribution in [0.5, 0.6) is 0 Å². The number of likely N-dealkylation sites (N-methyl/N-ethyl adjacent to an activating group) is 1. The predicted octanol–water partition coefficient (Wildman–Crippen LogP) is 4.24. The highest BCUT2D eigenvalue weighted by Gasteiger charge is 1.99. The van der Waals surface area contributed by atoms with Crippen LogP contribution in [-0.4, -0.2) is 13.1 Å². The highest BCUT2D eigenvalue weighted by atomic mass is 14.8. The number of rotatable bonds is 5. The highest BCUT2D eigenvalue weighted by molar-refractivity contribution is 5.90. The lowest BCUT2D eigenvalue weighted by atomic mass is 10.0. The molecule has 0 aliphatic rings. The summed E-state index contributed by atoms with van der Waals surface area (Å²) in [6, 6.07) is 15.1. The van der Waals surface area contributed by atoms with Gasteiger partial charge < -0.3 is 5.32 Å². The Labute approximate surface area is 110 Å². The summed E-state index contributed by atoms with van der Waals surface area (Å²) in [5.74, 6) is 0. The van der Waals surface area contributed by atoms with E-state index < -0.39 is 0 Å². The molecule has 0 unspecified atom stereocenters. The molecule has 18 heavy (non-hydrogen) atoms. The first-order chi connectivity index (χ1) is 8.85. The minimum absolute atomic E-state index is 0.982. The third kappa shape index (κ3) is 2.99. The molecule has 1 N–H and O–H groups in total. The van der Waals surface area contributed by atoms with Gasteiger partial charge in [0.2, 0.25) is 0 Å². The van der Waals surface area contributed by atoms with E-state index in [0.717, 1.165) is 19.5 Å². The third-order valence-electron chi connectivity index (χ3n) is 3.24. The van der Waals surface area contributed by atoms with Gasteiger partial charge in [-0.1, -0.05) is 68.0 Å². The molecule has 0 fully saturated rings. The number of hydrogen-bond acceptors (Lipinski definition) is 1. The Morgan fingerprint density at radius 2 is 1.83 bits per heavy atom. The van der Waals surface area contributed by atoms with E-state index in [0.29, 0.717) is 0 Å². The molecule has 2 aromatic rings. The van der Waals surface area contributed by atoms with Gasteiger partial charge in [0.1, 0.15) is 0 Å². The fraction of sp³-hybridized carbons (Fsp3) is 0.294. The molecule has 1 heteroatoms.